The van der Waals surface area contributed by atoms with Gasteiger partial charge in [-0.05, 0) is 11.8 Å². The molecule has 0 aliphatic carbocycles. The van der Waals surface area contributed by atoms with Crippen LogP contribution in [0.15, 0.2) is 12.4 Å². The molecule has 0 aromatic rings. The molecule has 0 bridgehead atoms. The fraction of sp³-hybridized carbons (Fsp3) is 0.833. The van der Waals surface area contributed by atoms with E-state index in [1.54, 1.807) is 0 Å². The van der Waals surface area contributed by atoms with E-state index in [-0.39, 0.29) is 11.2 Å². The molecule has 0 fully saturated rings. The zero-order valence-corrected chi connectivity index (χ0v) is 9.33. The first-order chi connectivity index (χ1) is 6.04. The summed E-state index contributed by atoms with van der Waals surface area (Å²) in [6, 6.07) is 0. The van der Waals surface area contributed by atoms with Gasteiger partial charge >= 0.3 is 0 Å². The fourth-order valence-electron chi connectivity index (χ4n) is 1.66. The molecule has 0 unspecified atom stereocenters. The zero-order valence-electron chi connectivity index (χ0n) is 9.33. The van der Waals surface area contributed by atoms with Gasteiger partial charge in [0.1, 0.15) is 0 Å². The van der Waals surface area contributed by atoms with Crippen LogP contribution in [0, 0.1) is 5.41 Å². The molecule has 13 heavy (non-hydrogen) atoms. The summed E-state index contributed by atoms with van der Waals surface area (Å²) < 4.78 is 12.7. The molecule has 78 valence electrons. The van der Waals surface area contributed by atoms with Crippen molar-refractivity contribution in [1.29, 1.82) is 0 Å². The summed E-state index contributed by atoms with van der Waals surface area (Å²) in [5, 5.41) is 0. The van der Waals surface area contributed by atoms with Crippen molar-refractivity contribution in [3.63, 3.8) is 0 Å². The van der Waals surface area contributed by atoms with Gasteiger partial charge in [0.2, 0.25) is 0 Å². The predicted molar refractivity (Wildman–Crippen MR) is 57.4 cm³/mol. The zero-order chi connectivity index (χ0) is 10.3. The highest BCUT2D eigenvalue weighted by Crippen LogP contribution is 2.35. The average molecular weight is 186 g/mol. The lowest BCUT2D eigenvalue weighted by molar-refractivity contribution is 0.254. The van der Waals surface area contributed by atoms with E-state index >= 15 is 0 Å². The van der Waals surface area contributed by atoms with Gasteiger partial charge in [-0.15, -0.1) is 0 Å². The van der Waals surface area contributed by atoms with Gasteiger partial charge in [-0.2, -0.15) is 0 Å². The Morgan fingerprint density at radius 2 is 1.92 bits per heavy atom. The van der Waals surface area contributed by atoms with E-state index in [2.05, 4.69) is 27.4 Å². The molecule has 0 aliphatic heterocycles. The van der Waals surface area contributed by atoms with Crippen LogP contribution < -0.4 is 0 Å². The normalized spacial score (nSPS) is 15.4. The Bertz CT molecular complexity index is 151. The largest absolute Gasteiger partial charge is 0.212 e. The van der Waals surface area contributed by atoms with Crippen LogP contribution in [0.2, 0.25) is 0 Å². The second-order valence-electron chi connectivity index (χ2n) is 4.32. The maximum absolute atomic E-state index is 12.7. The molecule has 0 nitrogen and oxygen atoms in total. The first-order valence-corrected chi connectivity index (χ1v) is 5.37. The highest BCUT2D eigenvalue weighted by molar-refractivity contribution is 4.89. The van der Waals surface area contributed by atoms with E-state index in [0.717, 1.165) is 12.8 Å². The third-order valence-electron chi connectivity index (χ3n) is 2.86. The lowest BCUT2D eigenvalue weighted by Gasteiger charge is -2.27. The molecule has 0 amide bonds. The molecule has 0 saturated carbocycles. The smallest absolute Gasteiger partial charge is 0.0933 e. The van der Waals surface area contributed by atoms with E-state index in [9.17, 15) is 4.39 Å². The van der Waals surface area contributed by atoms with E-state index in [0.29, 0.717) is 6.42 Å². The first kappa shape index (κ1) is 12.7. The molecule has 0 N–H and O–H groups in total. The molecule has 0 rings (SSSR count). The van der Waals surface area contributed by atoms with Crippen molar-refractivity contribution in [3.05, 3.63) is 12.4 Å². The van der Waals surface area contributed by atoms with Crippen molar-refractivity contribution in [2.45, 2.75) is 59.3 Å². The van der Waals surface area contributed by atoms with E-state index in [1.165, 1.54) is 19.3 Å². The Balaban J connectivity index is 3.88. The molecule has 0 aliphatic rings. The summed E-state index contributed by atoms with van der Waals surface area (Å²) in [7, 11) is 0. The standard InChI is InChI=1S/C12H23F/c1-5-7-8-9-12(4,6-2)10-11(3)13/h3,5-10H2,1-2,4H3/t12-/m0/s1. The van der Waals surface area contributed by atoms with Crippen molar-refractivity contribution < 1.29 is 4.39 Å². The lowest BCUT2D eigenvalue weighted by Crippen LogP contribution is -2.15. The third kappa shape index (κ3) is 5.84. The summed E-state index contributed by atoms with van der Waals surface area (Å²) in [6.45, 7) is 9.84. The third-order valence-corrected chi connectivity index (χ3v) is 2.86. The van der Waals surface area contributed by atoms with Crippen LogP contribution >= 0.6 is 0 Å². The summed E-state index contributed by atoms with van der Waals surface area (Å²) in [5.41, 5.74) is 0.140. The van der Waals surface area contributed by atoms with Crippen molar-refractivity contribution in [1.82, 2.24) is 0 Å². The van der Waals surface area contributed by atoms with E-state index in [1.807, 2.05) is 0 Å². The van der Waals surface area contributed by atoms with Crippen LogP contribution in [0.3, 0.4) is 0 Å². The number of hydrogen-bond donors (Lipinski definition) is 0. The van der Waals surface area contributed by atoms with Crippen LogP contribution in [0.4, 0.5) is 4.39 Å². The fourth-order valence-corrected chi connectivity index (χ4v) is 1.66. The Morgan fingerprint density at radius 3 is 2.31 bits per heavy atom. The van der Waals surface area contributed by atoms with Crippen LogP contribution in [0.25, 0.3) is 0 Å². The highest BCUT2D eigenvalue weighted by Gasteiger charge is 2.22. The Kier molecular flexibility index (Phi) is 6.02. The van der Waals surface area contributed by atoms with Crippen molar-refractivity contribution in [2.24, 2.45) is 5.41 Å². The number of hydrogen-bond acceptors (Lipinski definition) is 0. The maximum atomic E-state index is 12.7. The predicted octanol–water partition coefficient (Wildman–Crippen LogP) is 4.86. The van der Waals surface area contributed by atoms with Crippen LogP contribution in [-0.4, -0.2) is 0 Å². The molecule has 0 heterocycles. The Labute approximate surface area is 82.2 Å². The van der Waals surface area contributed by atoms with Crippen LogP contribution in [0.5, 0.6) is 0 Å². The van der Waals surface area contributed by atoms with Gasteiger partial charge in [-0.3, -0.25) is 0 Å². The SMILES string of the molecule is C=C(F)C[C@@](C)(CC)CCCCC. The quantitative estimate of drug-likeness (QED) is 0.498. The van der Waals surface area contributed by atoms with Gasteiger partial charge in [-0.1, -0.05) is 53.0 Å². The molecule has 0 aromatic carbocycles. The van der Waals surface area contributed by atoms with Gasteiger partial charge in [0.05, 0.1) is 5.83 Å². The monoisotopic (exact) mass is 186 g/mol. The van der Waals surface area contributed by atoms with Crippen molar-refractivity contribution in [3.8, 4) is 0 Å². The molecular weight excluding hydrogens is 163 g/mol. The molecule has 0 radical (unpaired) electrons. The molecular formula is C12H23F. The molecule has 0 saturated heterocycles. The van der Waals surface area contributed by atoms with Crippen molar-refractivity contribution in [2.75, 3.05) is 0 Å². The minimum Gasteiger partial charge on any atom is -0.212 e. The summed E-state index contributed by atoms with van der Waals surface area (Å²) >= 11 is 0. The van der Waals surface area contributed by atoms with Crippen LogP contribution in [0.1, 0.15) is 59.3 Å². The van der Waals surface area contributed by atoms with Gasteiger partial charge in [0, 0.05) is 6.42 Å². The molecule has 0 aromatic heterocycles. The first-order valence-electron chi connectivity index (χ1n) is 5.37. The second-order valence-corrected chi connectivity index (χ2v) is 4.32. The summed E-state index contributed by atoms with van der Waals surface area (Å²) in [5.74, 6) is -0.166. The average Bonchev–Trinajstić information content (AvgIpc) is 2.04. The second kappa shape index (κ2) is 6.17. The number of halogens is 1. The Hall–Kier alpha value is -0.330. The number of allylic oxidation sites excluding steroid dienone is 1. The van der Waals surface area contributed by atoms with E-state index < -0.39 is 0 Å². The minimum atomic E-state index is -0.166. The van der Waals surface area contributed by atoms with E-state index in [4.69, 9.17) is 0 Å². The minimum absolute atomic E-state index is 0.140. The highest BCUT2D eigenvalue weighted by atomic mass is 19.1. The summed E-state index contributed by atoms with van der Waals surface area (Å²) in [4.78, 5) is 0. The maximum Gasteiger partial charge on any atom is 0.0933 e. The van der Waals surface area contributed by atoms with Gasteiger partial charge in [0.25, 0.3) is 0 Å². The Morgan fingerprint density at radius 1 is 1.31 bits per heavy atom. The number of unbranched alkanes of at least 4 members (excludes halogenated alkanes) is 2. The summed E-state index contributed by atoms with van der Waals surface area (Å²) in [6.07, 6.45) is 6.41. The molecule has 1 atom stereocenters. The molecule has 1 heteroatoms. The van der Waals surface area contributed by atoms with Gasteiger partial charge < -0.3 is 0 Å². The molecule has 0 spiro atoms. The number of rotatable bonds is 7. The van der Waals surface area contributed by atoms with Gasteiger partial charge in [0.15, 0.2) is 0 Å². The lowest BCUT2D eigenvalue weighted by atomic mass is 9.79. The van der Waals surface area contributed by atoms with Gasteiger partial charge in [-0.25, -0.2) is 4.39 Å². The van der Waals surface area contributed by atoms with Crippen LogP contribution in [-0.2, 0) is 0 Å². The van der Waals surface area contributed by atoms with Crippen molar-refractivity contribution >= 4 is 0 Å². The topological polar surface area (TPSA) is 0 Å².